The molecule has 0 heterocycles. The fraction of sp³-hybridized carbons (Fsp3) is 0.462. The predicted octanol–water partition coefficient (Wildman–Crippen LogP) is 0.939. The van der Waals surface area contributed by atoms with Gasteiger partial charge < -0.3 is 15.4 Å². The van der Waals surface area contributed by atoms with E-state index in [1.807, 2.05) is 0 Å². The zero-order valence-corrected chi connectivity index (χ0v) is 11.0. The monoisotopic (exact) mass is 272 g/mol. The normalized spacial score (nSPS) is 12.3. The number of nitrogens with two attached hydrogens (primary N) is 1. The van der Waals surface area contributed by atoms with Gasteiger partial charge in [0.05, 0.1) is 13.0 Å². The van der Waals surface area contributed by atoms with Gasteiger partial charge in [-0.15, -0.1) is 0 Å². The van der Waals surface area contributed by atoms with Crippen molar-refractivity contribution in [3.8, 4) is 0 Å². The number of carbonyl (C=O) groups is 1. The third-order valence-electron chi connectivity index (χ3n) is 2.69. The van der Waals surface area contributed by atoms with Gasteiger partial charge in [-0.25, -0.2) is 8.78 Å². The number of amides is 1. The highest BCUT2D eigenvalue weighted by Crippen LogP contribution is 2.12. The second-order valence-electron chi connectivity index (χ2n) is 4.38. The zero-order valence-electron chi connectivity index (χ0n) is 11.0. The van der Waals surface area contributed by atoms with Crippen LogP contribution in [0.5, 0.6) is 0 Å². The largest absolute Gasteiger partial charge is 0.383 e. The van der Waals surface area contributed by atoms with Gasteiger partial charge in [0.25, 0.3) is 0 Å². The Hall–Kier alpha value is -1.53. The van der Waals surface area contributed by atoms with Gasteiger partial charge in [-0.2, -0.15) is 0 Å². The Balaban J connectivity index is 2.61. The number of ether oxygens (including phenoxy) is 1. The average Bonchev–Trinajstić information content (AvgIpc) is 2.35. The summed E-state index contributed by atoms with van der Waals surface area (Å²) in [5, 5.41) is 0. The Morgan fingerprint density at radius 1 is 1.47 bits per heavy atom. The van der Waals surface area contributed by atoms with E-state index in [1.54, 1.807) is 7.05 Å². The summed E-state index contributed by atoms with van der Waals surface area (Å²) in [6.07, 6.45) is -0.195. The van der Waals surface area contributed by atoms with Crippen LogP contribution in [0, 0.1) is 11.6 Å². The Morgan fingerprint density at radius 2 is 2.16 bits per heavy atom. The van der Waals surface area contributed by atoms with E-state index in [2.05, 4.69) is 0 Å². The van der Waals surface area contributed by atoms with Gasteiger partial charge in [-0.3, -0.25) is 4.79 Å². The van der Waals surface area contributed by atoms with Crippen LogP contribution in [0.25, 0.3) is 0 Å². The first kappa shape index (κ1) is 15.5. The van der Waals surface area contributed by atoms with E-state index in [4.69, 9.17) is 10.5 Å². The number of likely N-dealkylation sites (N-methyl/N-ethyl adjacent to an activating group) is 1. The minimum absolute atomic E-state index is 0.0390. The molecule has 1 amide bonds. The van der Waals surface area contributed by atoms with E-state index in [9.17, 15) is 13.6 Å². The van der Waals surface area contributed by atoms with Crippen LogP contribution >= 0.6 is 0 Å². The maximum absolute atomic E-state index is 13.4. The van der Waals surface area contributed by atoms with Crippen LogP contribution in [0.2, 0.25) is 0 Å². The van der Waals surface area contributed by atoms with Crippen LogP contribution in [0.4, 0.5) is 8.78 Å². The third kappa shape index (κ3) is 4.57. The van der Waals surface area contributed by atoms with Crippen molar-refractivity contribution in [2.24, 2.45) is 5.73 Å². The van der Waals surface area contributed by atoms with Gasteiger partial charge in [-0.1, -0.05) is 12.1 Å². The highest BCUT2D eigenvalue weighted by atomic mass is 19.2. The molecule has 1 unspecified atom stereocenters. The molecule has 0 aliphatic rings. The van der Waals surface area contributed by atoms with Crippen LogP contribution in [0.15, 0.2) is 18.2 Å². The first-order chi connectivity index (χ1) is 8.95. The summed E-state index contributed by atoms with van der Waals surface area (Å²) < 4.78 is 31.3. The number of hydrogen-bond acceptors (Lipinski definition) is 3. The Labute approximate surface area is 111 Å². The highest BCUT2D eigenvalue weighted by molar-refractivity contribution is 5.78. The van der Waals surface area contributed by atoms with Crippen LogP contribution in [-0.4, -0.2) is 44.2 Å². The lowest BCUT2D eigenvalue weighted by Gasteiger charge is -2.21. The van der Waals surface area contributed by atoms with Gasteiger partial charge in [0.15, 0.2) is 11.6 Å². The summed E-state index contributed by atoms with van der Waals surface area (Å²) in [4.78, 5) is 13.2. The summed E-state index contributed by atoms with van der Waals surface area (Å²) in [5.41, 5.74) is 5.76. The molecule has 19 heavy (non-hydrogen) atoms. The van der Waals surface area contributed by atoms with Crippen molar-refractivity contribution in [2.75, 3.05) is 27.3 Å². The summed E-state index contributed by atoms with van der Waals surface area (Å²) in [6.45, 7) is 0.621. The van der Waals surface area contributed by atoms with Crippen molar-refractivity contribution >= 4 is 5.91 Å². The summed E-state index contributed by atoms with van der Waals surface area (Å²) >= 11 is 0. The van der Waals surface area contributed by atoms with E-state index in [1.165, 1.54) is 24.1 Å². The quantitative estimate of drug-likeness (QED) is 0.838. The first-order valence-electron chi connectivity index (χ1n) is 5.87. The molecule has 0 radical (unpaired) electrons. The van der Waals surface area contributed by atoms with E-state index >= 15 is 0 Å². The zero-order chi connectivity index (χ0) is 14.4. The minimum atomic E-state index is -0.981. The molecule has 0 aliphatic heterocycles. The predicted molar refractivity (Wildman–Crippen MR) is 67.6 cm³/mol. The van der Waals surface area contributed by atoms with Gasteiger partial charge in [0.2, 0.25) is 5.91 Å². The number of hydrogen-bond donors (Lipinski definition) is 1. The molecule has 1 aromatic carbocycles. The summed E-state index contributed by atoms with van der Waals surface area (Å²) in [6, 6.07) is 3.47. The molecule has 4 nitrogen and oxygen atoms in total. The van der Waals surface area contributed by atoms with E-state index in [-0.39, 0.29) is 23.9 Å². The van der Waals surface area contributed by atoms with Crippen LogP contribution < -0.4 is 5.73 Å². The lowest BCUT2D eigenvalue weighted by atomic mass is 10.1. The van der Waals surface area contributed by atoms with Gasteiger partial charge >= 0.3 is 0 Å². The molecule has 1 atom stereocenters. The molecule has 6 heteroatoms. The average molecular weight is 272 g/mol. The van der Waals surface area contributed by atoms with Crippen molar-refractivity contribution in [1.82, 2.24) is 4.90 Å². The van der Waals surface area contributed by atoms with E-state index in [0.29, 0.717) is 13.2 Å². The van der Waals surface area contributed by atoms with E-state index in [0.717, 1.165) is 6.07 Å². The number of methoxy groups -OCH3 is 1. The van der Waals surface area contributed by atoms with Crippen molar-refractivity contribution in [1.29, 1.82) is 0 Å². The Bertz CT molecular complexity index is 441. The molecule has 106 valence electrons. The topological polar surface area (TPSA) is 55.6 Å². The van der Waals surface area contributed by atoms with Crippen LogP contribution in [0.1, 0.15) is 5.56 Å². The Kier molecular flexibility index (Phi) is 5.85. The van der Waals surface area contributed by atoms with Gasteiger partial charge in [0.1, 0.15) is 0 Å². The molecule has 0 saturated heterocycles. The lowest BCUT2D eigenvalue weighted by Crippen LogP contribution is -2.41. The standard InChI is InChI=1S/C13H18F2N2O2/c1-17(7-10(16)8-19-2)12(18)6-9-4-3-5-11(14)13(9)15/h3-5,10H,6-8,16H2,1-2H3. The van der Waals surface area contributed by atoms with Crippen LogP contribution in [0.3, 0.4) is 0 Å². The maximum atomic E-state index is 13.4. The highest BCUT2D eigenvalue weighted by Gasteiger charge is 2.16. The summed E-state index contributed by atoms with van der Waals surface area (Å²) in [5.74, 6) is -2.26. The molecule has 2 N–H and O–H groups in total. The summed E-state index contributed by atoms with van der Waals surface area (Å²) in [7, 11) is 3.08. The number of rotatable bonds is 6. The minimum Gasteiger partial charge on any atom is -0.383 e. The molecule has 0 saturated carbocycles. The molecule has 1 rings (SSSR count). The number of halogens is 2. The SMILES string of the molecule is COCC(N)CN(C)C(=O)Cc1cccc(F)c1F. The molecule has 1 aromatic rings. The van der Waals surface area contributed by atoms with Gasteiger partial charge in [-0.05, 0) is 6.07 Å². The molecule has 0 spiro atoms. The number of nitrogens with zero attached hydrogens (tertiary/aromatic N) is 1. The maximum Gasteiger partial charge on any atom is 0.226 e. The Morgan fingerprint density at radius 3 is 2.79 bits per heavy atom. The molecule has 0 bridgehead atoms. The smallest absolute Gasteiger partial charge is 0.226 e. The fourth-order valence-electron chi connectivity index (χ4n) is 1.70. The number of carbonyl (C=O) groups excluding carboxylic acids is 1. The molecule has 0 aliphatic carbocycles. The third-order valence-corrected chi connectivity index (χ3v) is 2.69. The molecular weight excluding hydrogens is 254 g/mol. The van der Waals surface area contributed by atoms with Crippen molar-refractivity contribution < 1.29 is 18.3 Å². The molecule has 0 aromatic heterocycles. The van der Waals surface area contributed by atoms with Crippen LogP contribution in [-0.2, 0) is 16.0 Å². The van der Waals surface area contributed by atoms with Crippen molar-refractivity contribution in [2.45, 2.75) is 12.5 Å². The molecule has 0 fully saturated rings. The van der Waals surface area contributed by atoms with Crippen molar-refractivity contribution in [3.63, 3.8) is 0 Å². The first-order valence-corrected chi connectivity index (χ1v) is 5.87. The second-order valence-corrected chi connectivity index (χ2v) is 4.38. The van der Waals surface area contributed by atoms with Gasteiger partial charge in [0, 0.05) is 32.3 Å². The lowest BCUT2D eigenvalue weighted by molar-refractivity contribution is -0.129. The van der Waals surface area contributed by atoms with Crippen molar-refractivity contribution in [3.05, 3.63) is 35.4 Å². The van der Waals surface area contributed by atoms with E-state index < -0.39 is 11.6 Å². The number of benzene rings is 1. The second kappa shape index (κ2) is 7.16. The molecular formula is C13H18F2N2O2. The fourth-order valence-corrected chi connectivity index (χ4v) is 1.70.